The molecule has 0 aliphatic carbocycles. The summed E-state index contributed by atoms with van der Waals surface area (Å²) >= 11 is 0. The van der Waals surface area contributed by atoms with Gasteiger partial charge in [0.2, 0.25) is 0 Å². The van der Waals surface area contributed by atoms with E-state index in [9.17, 15) is 5.11 Å². The smallest absolute Gasteiger partial charge is 0.127 e. The van der Waals surface area contributed by atoms with Crippen LogP contribution in [0, 0.1) is 5.92 Å². The number of fused-ring (bicyclic) bond motifs is 1. The largest absolute Gasteiger partial charge is 0.508 e. The van der Waals surface area contributed by atoms with Gasteiger partial charge in [-0.15, -0.1) is 0 Å². The minimum absolute atomic E-state index is 0.268. The number of aromatic hydroxyl groups is 1. The third-order valence-electron chi connectivity index (χ3n) is 3.85. The minimum Gasteiger partial charge on any atom is -0.508 e. The van der Waals surface area contributed by atoms with Gasteiger partial charge in [-0.3, -0.25) is 4.90 Å². The van der Waals surface area contributed by atoms with Crippen molar-refractivity contribution in [1.82, 2.24) is 4.90 Å². The third kappa shape index (κ3) is 2.25. The number of hydrogen-bond acceptors (Lipinski definition) is 3. The zero-order valence-electron chi connectivity index (χ0n) is 11.0. The van der Waals surface area contributed by atoms with Crippen LogP contribution < -0.4 is 4.74 Å². The fourth-order valence-electron chi connectivity index (χ4n) is 2.27. The van der Waals surface area contributed by atoms with Crippen LogP contribution in [0.3, 0.4) is 0 Å². The van der Waals surface area contributed by atoms with Crippen molar-refractivity contribution < 1.29 is 9.84 Å². The Morgan fingerprint density at radius 2 is 2.06 bits per heavy atom. The molecule has 1 aromatic rings. The number of phenols is 1. The summed E-state index contributed by atoms with van der Waals surface area (Å²) in [6, 6.07) is 6.19. The van der Waals surface area contributed by atoms with Crippen molar-refractivity contribution in [2.75, 3.05) is 13.7 Å². The van der Waals surface area contributed by atoms with Gasteiger partial charge in [0.15, 0.2) is 0 Å². The topological polar surface area (TPSA) is 32.7 Å². The Hall–Kier alpha value is -1.22. The summed E-state index contributed by atoms with van der Waals surface area (Å²) < 4.78 is 5.64. The van der Waals surface area contributed by atoms with Gasteiger partial charge in [-0.25, -0.2) is 0 Å². The third-order valence-corrected chi connectivity index (χ3v) is 3.85. The molecule has 0 aromatic heterocycles. The number of phenolic OH excluding ortho intramolecular Hbond substituents is 1. The van der Waals surface area contributed by atoms with Gasteiger partial charge >= 0.3 is 0 Å². The summed E-state index contributed by atoms with van der Waals surface area (Å²) in [6.07, 6.45) is 0. The highest BCUT2D eigenvalue weighted by Gasteiger charge is 2.30. The van der Waals surface area contributed by atoms with Gasteiger partial charge < -0.3 is 9.84 Å². The molecule has 1 aliphatic rings. The zero-order valence-corrected chi connectivity index (χ0v) is 11.0. The summed E-state index contributed by atoms with van der Waals surface area (Å²) in [6.45, 7) is 7.37. The van der Waals surface area contributed by atoms with Crippen molar-refractivity contribution in [3.63, 3.8) is 0 Å². The molecule has 0 radical (unpaired) electrons. The SMILES string of the molecule is CC(C)C(C)N(C)C1COc2cc(O)ccc21. The van der Waals surface area contributed by atoms with Crippen LogP contribution in [0.25, 0.3) is 0 Å². The molecular formula is C14H21NO2. The molecule has 2 atom stereocenters. The Labute approximate surface area is 103 Å². The summed E-state index contributed by atoms with van der Waals surface area (Å²) in [5, 5.41) is 9.43. The van der Waals surface area contributed by atoms with Crippen LogP contribution in [0.1, 0.15) is 32.4 Å². The molecule has 0 saturated carbocycles. The molecule has 1 aromatic carbocycles. The average Bonchev–Trinajstić information content (AvgIpc) is 2.69. The normalized spacial score (nSPS) is 20.5. The van der Waals surface area contributed by atoms with Gasteiger partial charge in [-0.1, -0.05) is 13.8 Å². The van der Waals surface area contributed by atoms with Crippen molar-refractivity contribution in [2.24, 2.45) is 5.92 Å². The van der Waals surface area contributed by atoms with E-state index in [0.29, 0.717) is 24.6 Å². The van der Waals surface area contributed by atoms with Gasteiger partial charge in [0.1, 0.15) is 18.1 Å². The average molecular weight is 235 g/mol. The van der Waals surface area contributed by atoms with Crippen molar-refractivity contribution >= 4 is 0 Å². The van der Waals surface area contributed by atoms with E-state index >= 15 is 0 Å². The fraction of sp³-hybridized carbons (Fsp3) is 0.571. The van der Waals surface area contributed by atoms with Crippen molar-refractivity contribution in [2.45, 2.75) is 32.9 Å². The quantitative estimate of drug-likeness (QED) is 0.874. The summed E-state index contributed by atoms with van der Waals surface area (Å²) in [5.41, 5.74) is 1.18. The van der Waals surface area contributed by atoms with Crippen LogP contribution in [-0.2, 0) is 0 Å². The molecule has 94 valence electrons. The van der Waals surface area contributed by atoms with Gasteiger partial charge in [0.25, 0.3) is 0 Å². The highest BCUT2D eigenvalue weighted by atomic mass is 16.5. The Morgan fingerprint density at radius 3 is 2.71 bits per heavy atom. The van der Waals surface area contributed by atoms with Gasteiger partial charge in [-0.2, -0.15) is 0 Å². The van der Waals surface area contributed by atoms with E-state index in [0.717, 1.165) is 5.75 Å². The van der Waals surface area contributed by atoms with Crippen LogP contribution in [0.15, 0.2) is 18.2 Å². The van der Waals surface area contributed by atoms with Crippen LogP contribution in [-0.4, -0.2) is 29.7 Å². The lowest BCUT2D eigenvalue weighted by molar-refractivity contribution is 0.126. The zero-order chi connectivity index (χ0) is 12.6. The molecule has 1 N–H and O–H groups in total. The molecule has 2 rings (SSSR count). The number of likely N-dealkylation sites (N-methyl/N-ethyl adjacent to an activating group) is 1. The number of rotatable bonds is 3. The Bertz CT molecular complexity index is 403. The Kier molecular flexibility index (Phi) is 3.29. The molecule has 0 spiro atoms. The molecule has 3 nitrogen and oxygen atoms in total. The summed E-state index contributed by atoms with van der Waals surface area (Å²) in [7, 11) is 2.14. The second-order valence-electron chi connectivity index (χ2n) is 5.20. The van der Waals surface area contributed by atoms with Crippen molar-refractivity contribution in [3.8, 4) is 11.5 Å². The van der Waals surface area contributed by atoms with E-state index in [1.807, 2.05) is 6.07 Å². The van der Waals surface area contributed by atoms with Gasteiger partial charge in [0.05, 0.1) is 6.04 Å². The van der Waals surface area contributed by atoms with Crippen molar-refractivity contribution in [1.29, 1.82) is 0 Å². The summed E-state index contributed by atoms with van der Waals surface area (Å²) in [5.74, 6) is 1.70. The first-order chi connectivity index (χ1) is 8.00. The molecule has 3 heteroatoms. The molecular weight excluding hydrogens is 214 g/mol. The van der Waals surface area contributed by atoms with E-state index in [2.05, 4.69) is 32.7 Å². The Balaban J connectivity index is 2.22. The van der Waals surface area contributed by atoms with E-state index in [1.54, 1.807) is 12.1 Å². The molecule has 0 fully saturated rings. The number of hydrogen-bond donors (Lipinski definition) is 1. The monoisotopic (exact) mass is 235 g/mol. The van der Waals surface area contributed by atoms with E-state index in [4.69, 9.17) is 4.74 Å². The first kappa shape index (κ1) is 12.2. The van der Waals surface area contributed by atoms with E-state index < -0.39 is 0 Å². The highest BCUT2D eigenvalue weighted by Crippen LogP contribution is 2.38. The molecule has 0 bridgehead atoms. The molecule has 1 heterocycles. The molecule has 0 saturated heterocycles. The van der Waals surface area contributed by atoms with Crippen LogP contribution in [0.4, 0.5) is 0 Å². The molecule has 0 amide bonds. The van der Waals surface area contributed by atoms with Gasteiger partial charge in [0, 0.05) is 17.7 Å². The predicted molar refractivity (Wildman–Crippen MR) is 68.4 cm³/mol. The van der Waals surface area contributed by atoms with Crippen LogP contribution in [0.2, 0.25) is 0 Å². The lowest BCUT2D eigenvalue weighted by Gasteiger charge is -2.32. The standard InChI is InChI=1S/C14H21NO2/c1-9(2)10(3)15(4)13-8-17-14-7-11(16)5-6-12(13)14/h5-7,9-10,13,16H,8H2,1-4H3. The predicted octanol–water partition coefficient (Wildman–Crippen LogP) is 2.80. The van der Waals surface area contributed by atoms with E-state index in [-0.39, 0.29) is 5.75 Å². The van der Waals surface area contributed by atoms with Crippen molar-refractivity contribution in [3.05, 3.63) is 23.8 Å². The van der Waals surface area contributed by atoms with Crippen LogP contribution >= 0.6 is 0 Å². The molecule has 17 heavy (non-hydrogen) atoms. The second-order valence-corrected chi connectivity index (χ2v) is 5.20. The maximum Gasteiger partial charge on any atom is 0.127 e. The maximum absolute atomic E-state index is 9.43. The highest BCUT2D eigenvalue weighted by molar-refractivity contribution is 5.44. The number of ether oxygens (including phenoxy) is 1. The minimum atomic E-state index is 0.268. The number of nitrogens with zero attached hydrogens (tertiary/aromatic N) is 1. The second kappa shape index (κ2) is 4.57. The van der Waals surface area contributed by atoms with Gasteiger partial charge in [-0.05, 0) is 32.0 Å². The molecule has 1 aliphatic heterocycles. The van der Waals surface area contributed by atoms with Crippen LogP contribution in [0.5, 0.6) is 11.5 Å². The number of benzene rings is 1. The lowest BCUT2D eigenvalue weighted by Crippen LogP contribution is -2.37. The Morgan fingerprint density at radius 1 is 1.35 bits per heavy atom. The first-order valence-electron chi connectivity index (χ1n) is 6.18. The van der Waals surface area contributed by atoms with E-state index in [1.165, 1.54) is 5.56 Å². The maximum atomic E-state index is 9.43. The fourth-order valence-corrected chi connectivity index (χ4v) is 2.27. The lowest BCUT2D eigenvalue weighted by atomic mass is 10.0. The first-order valence-corrected chi connectivity index (χ1v) is 6.18. The summed E-state index contributed by atoms with van der Waals surface area (Å²) in [4.78, 5) is 2.35. The molecule has 2 unspecified atom stereocenters.